The molecule has 0 fully saturated rings. The number of aromatic nitrogens is 2. The SMILES string of the molecule is CCC(CCC(=O)NCCCCCCCCCCCCOCCCCCCCCCCCC[n+]1c2ccccc2nc2c(OC)cccc21)C(C)=O. The van der Waals surface area contributed by atoms with Gasteiger partial charge in [0.25, 0.3) is 0 Å². The first-order valence-electron chi connectivity index (χ1n) is 21.1. The maximum absolute atomic E-state index is 12.0. The van der Waals surface area contributed by atoms with Gasteiger partial charge in [-0.15, -0.1) is 0 Å². The summed E-state index contributed by atoms with van der Waals surface area (Å²) in [6, 6.07) is 14.7. The fourth-order valence-electron chi connectivity index (χ4n) is 7.33. The van der Waals surface area contributed by atoms with Crippen molar-refractivity contribution in [2.24, 2.45) is 5.92 Å². The second-order valence-corrected chi connectivity index (χ2v) is 14.9. The van der Waals surface area contributed by atoms with Gasteiger partial charge in [0.15, 0.2) is 11.3 Å². The third-order valence-electron chi connectivity index (χ3n) is 10.6. The van der Waals surface area contributed by atoms with E-state index in [4.69, 9.17) is 14.5 Å². The van der Waals surface area contributed by atoms with Gasteiger partial charge in [-0.3, -0.25) is 9.59 Å². The highest BCUT2D eigenvalue weighted by Gasteiger charge is 2.18. The van der Waals surface area contributed by atoms with Gasteiger partial charge in [0, 0.05) is 50.7 Å². The van der Waals surface area contributed by atoms with E-state index in [2.05, 4.69) is 46.3 Å². The molecule has 1 atom stereocenters. The van der Waals surface area contributed by atoms with E-state index in [0.29, 0.717) is 12.8 Å². The van der Waals surface area contributed by atoms with Gasteiger partial charge in [-0.05, 0) is 57.6 Å². The van der Waals surface area contributed by atoms with Crippen molar-refractivity contribution in [1.82, 2.24) is 10.3 Å². The summed E-state index contributed by atoms with van der Waals surface area (Å²) in [5, 5.41) is 3.01. The number of unbranched alkanes of at least 4 members (excludes halogenated alkanes) is 18. The molecule has 1 aromatic heterocycles. The summed E-state index contributed by atoms with van der Waals surface area (Å²) in [5.74, 6) is 1.16. The average Bonchev–Trinajstić information content (AvgIpc) is 3.15. The summed E-state index contributed by atoms with van der Waals surface area (Å²) < 4.78 is 13.9. The maximum atomic E-state index is 12.0. The lowest BCUT2D eigenvalue weighted by molar-refractivity contribution is -0.646. The topological polar surface area (TPSA) is 81.4 Å². The minimum absolute atomic E-state index is 0.0353. The van der Waals surface area contributed by atoms with Crippen molar-refractivity contribution in [2.45, 2.75) is 168 Å². The van der Waals surface area contributed by atoms with Gasteiger partial charge in [-0.25, -0.2) is 4.98 Å². The van der Waals surface area contributed by atoms with Crippen LogP contribution in [-0.4, -0.2) is 43.5 Å². The number of ketones is 1. The number of fused-ring (bicyclic) bond motifs is 2. The van der Waals surface area contributed by atoms with Gasteiger partial charge in [0.2, 0.25) is 16.9 Å². The number of hydrogen-bond acceptors (Lipinski definition) is 5. The molecular formula is C45H72N3O4+. The van der Waals surface area contributed by atoms with Gasteiger partial charge in [-0.1, -0.05) is 121 Å². The lowest BCUT2D eigenvalue weighted by Gasteiger charge is -2.11. The number of aryl methyl sites for hydroxylation is 1. The summed E-state index contributed by atoms with van der Waals surface area (Å²) in [6.07, 6.45) is 27.6. The van der Waals surface area contributed by atoms with E-state index in [-0.39, 0.29) is 17.6 Å². The van der Waals surface area contributed by atoms with E-state index < -0.39 is 0 Å². The molecule has 0 aliphatic heterocycles. The van der Waals surface area contributed by atoms with Crippen molar-refractivity contribution in [1.29, 1.82) is 0 Å². The number of nitrogens with zero attached hydrogens (tertiary/aromatic N) is 2. The normalized spacial score (nSPS) is 12.1. The van der Waals surface area contributed by atoms with E-state index in [1.54, 1.807) is 14.0 Å². The molecule has 7 nitrogen and oxygen atoms in total. The molecule has 0 aliphatic carbocycles. The van der Waals surface area contributed by atoms with Crippen LogP contribution in [0.15, 0.2) is 42.5 Å². The van der Waals surface area contributed by atoms with E-state index in [1.807, 2.05) is 13.0 Å². The molecule has 0 saturated carbocycles. The number of amides is 1. The fraction of sp³-hybridized carbons (Fsp3) is 0.689. The van der Waals surface area contributed by atoms with Crippen LogP contribution in [0.5, 0.6) is 5.75 Å². The van der Waals surface area contributed by atoms with Crippen molar-refractivity contribution < 1.29 is 23.6 Å². The smallest absolute Gasteiger partial charge is 0.235 e. The number of hydrogen-bond donors (Lipinski definition) is 1. The lowest BCUT2D eigenvalue weighted by Crippen LogP contribution is -2.36. The lowest BCUT2D eigenvalue weighted by atomic mass is 9.96. The Balaban J connectivity index is 1.03. The minimum Gasteiger partial charge on any atom is -0.494 e. The second-order valence-electron chi connectivity index (χ2n) is 14.9. The van der Waals surface area contributed by atoms with Crippen LogP contribution in [0.2, 0.25) is 0 Å². The predicted molar refractivity (Wildman–Crippen MR) is 216 cm³/mol. The zero-order valence-corrected chi connectivity index (χ0v) is 33.2. The standard InChI is InChI=1S/C45H71N3O4/c1-4-39(38(2)49)32-33-44(50)46-34-23-17-13-9-5-7-11-15-19-25-36-52-37-26-20-16-12-8-6-10-14-18-24-35-48-41-29-22-21-28-40(41)47-45-42(48)30-27-31-43(45)51-3/h21-22,27-31,39H,4-20,23-26,32-37H2,1-3H3/p+1. The third kappa shape index (κ3) is 17.2. The largest absolute Gasteiger partial charge is 0.494 e. The second kappa shape index (κ2) is 27.5. The average molecular weight is 719 g/mol. The maximum Gasteiger partial charge on any atom is 0.235 e. The molecule has 7 heteroatoms. The highest BCUT2D eigenvalue weighted by atomic mass is 16.5. The van der Waals surface area contributed by atoms with Gasteiger partial charge < -0.3 is 14.8 Å². The number of Topliss-reactive ketones (excluding diaryl/α,β-unsaturated/α-hetero) is 1. The van der Waals surface area contributed by atoms with Crippen LogP contribution in [0.1, 0.15) is 162 Å². The molecule has 1 heterocycles. The molecule has 0 spiro atoms. The first-order valence-corrected chi connectivity index (χ1v) is 21.1. The molecule has 290 valence electrons. The number of para-hydroxylation sites is 3. The van der Waals surface area contributed by atoms with Crippen LogP contribution in [-0.2, 0) is 20.9 Å². The van der Waals surface area contributed by atoms with Crippen molar-refractivity contribution in [3.8, 4) is 5.75 Å². The number of methoxy groups -OCH3 is 1. The predicted octanol–water partition coefficient (Wildman–Crippen LogP) is 11.0. The Morgan fingerprint density at radius 1 is 0.692 bits per heavy atom. The fourth-order valence-corrected chi connectivity index (χ4v) is 7.33. The zero-order chi connectivity index (χ0) is 37.1. The van der Waals surface area contributed by atoms with Crippen molar-refractivity contribution in [3.05, 3.63) is 42.5 Å². The molecule has 0 bridgehead atoms. The molecule has 1 amide bonds. The van der Waals surface area contributed by atoms with Gasteiger partial charge in [0.05, 0.1) is 7.11 Å². The van der Waals surface area contributed by atoms with E-state index >= 15 is 0 Å². The first kappa shape index (κ1) is 43.3. The van der Waals surface area contributed by atoms with E-state index in [1.165, 1.54) is 128 Å². The Hall–Kier alpha value is -3.06. The molecule has 0 radical (unpaired) electrons. The number of rotatable bonds is 32. The first-order chi connectivity index (χ1) is 25.5. The van der Waals surface area contributed by atoms with Gasteiger partial charge in [0.1, 0.15) is 17.8 Å². The monoisotopic (exact) mass is 719 g/mol. The Bertz CT molecular complexity index is 1410. The van der Waals surface area contributed by atoms with Crippen LogP contribution in [0.3, 0.4) is 0 Å². The Morgan fingerprint density at radius 3 is 1.81 bits per heavy atom. The summed E-state index contributed by atoms with van der Waals surface area (Å²) >= 11 is 0. The molecule has 0 saturated heterocycles. The third-order valence-corrected chi connectivity index (χ3v) is 10.6. The number of nitrogens with one attached hydrogen (secondary N) is 1. The van der Waals surface area contributed by atoms with E-state index in [9.17, 15) is 9.59 Å². The quantitative estimate of drug-likeness (QED) is 0.0395. The number of carbonyl (C=O) groups is 2. The highest BCUT2D eigenvalue weighted by molar-refractivity contribution is 5.85. The number of carbonyl (C=O) groups excluding carboxylic acids is 2. The van der Waals surface area contributed by atoms with Crippen molar-refractivity contribution in [2.75, 3.05) is 26.9 Å². The Kier molecular flexibility index (Phi) is 22.9. The molecule has 3 aromatic rings. The van der Waals surface area contributed by atoms with Crippen LogP contribution in [0.4, 0.5) is 0 Å². The highest BCUT2D eigenvalue weighted by Crippen LogP contribution is 2.24. The van der Waals surface area contributed by atoms with Gasteiger partial charge >= 0.3 is 0 Å². The van der Waals surface area contributed by atoms with Crippen LogP contribution < -0.4 is 14.6 Å². The summed E-state index contributed by atoms with van der Waals surface area (Å²) in [7, 11) is 1.72. The Labute approximate surface area is 316 Å². The Morgan fingerprint density at radius 2 is 1.23 bits per heavy atom. The number of benzene rings is 2. The zero-order valence-electron chi connectivity index (χ0n) is 33.2. The molecule has 2 aromatic carbocycles. The molecule has 3 rings (SSSR count). The van der Waals surface area contributed by atoms with Crippen LogP contribution >= 0.6 is 0 Å². The van der Waals surface area contributed by atoms with Gasteiger partial charge in [-0.2, -0.15) is 4.57 Å². The molecule has 52 heavy (non-hydrogen) atoms. The molecule has 0 aliphatic rings. The summed E-state index contributed by atoms with van der Waals surface area (Å²) in [4.78, 5) is 28.3. The summed E-state index contributed by atoms with van der Waals surface area (Å²) in [5.41, 5.74) is 4.31. The van der Waals surface area contributed by atoms with Crippen molar-refractivity contribution >= 4 is 33.8 Å². The summed E-state index contributed by atoms with van der Waals surface area (Å²) in [6.45, 7) is 7.26. The van der Waals surface area contributed by atoms with E-state index in [0.717, 1.165) is 61.4 Å². The van der Waals surface area contributed by atoms with Crippen LogP contribution in [0, 0.1) is 5.92 Å². The number of ether oxygens (including phenoxy) is 2. The molecular weight excluding hydrogens is 647 g/mol. The molecule has 1 unspecified atom stereocenters. The minimum atomic E-state index is 0.0353. The van der Waals surface area contributed by atoms with Crippen LogP contribution in [0.25, 0.3) is 22.1 Å². The molecule has 1 N–H and O–H groups in total. The van der Waals surface area contributed by atoms with Crippen molar-refractivity contribution in [3.63, 3.8) is 0 Å².